The van der Waals surface area contributed by atoms with E-state index in [-0.39, 0.29) is 6.10 Å². The first-order valence-corrected chi connectivity index (χ1v) is 4.55. The second-order valence-electron chi connectivity index (χ2n) is 3.61. The molecule has 0 saturated heterocycles. The van der Waals surface area contributed by atoms with Gasteiger partial charge in [-0.15, -0.1) is 0 Å². The molecule has 0 amide bonds. The highest BCUT2D eigenvalue weighted by atomic mass is 16.3. The Morgan fingerprint density at radius 1 is 1.42 bits per heavy atom. The van der Waals surface area contributed by atoms with E-state index >= 15 is 0 Å². The smallest absolute Gasteiger partial charge is 0.0792 e. The molecule has 0 aromatic heterocycles. The summed E-state index contributed by atoms with van der Waals surface area (Å²) in [5, 5.41) is 9.69. The van der Waals surface area contributed by atoms with Gasteiger partial charge in [0.2, 0.25) is 0 Å². The van der Waals surface area contributed by atoms with E-state index in [1.165, 1.54) is 11.1 Å². The van der Waals surface area contributed by atoms with Gasteiger partial charge in [-0.05, 0) is 37.3 Å². The van der Waals surface area contributed by atoms with E-state index in [1.54, 1.807) is 0 Å². The van der Waals surface area contributed by atoms with Crippen LogP contribution in [0.2, 0.25) is 0 Å². The number of hydrogen-bond acceptors (Lipinski definition) is 1. The minimum atomic E-state index is -0.214. The fourth-order valence-electron chi connectivity index (χ4n) is 1.89. The first kappa shape index (κ1) is 7.81. The summed E-state index contributed by atoms with van der Waals surface area (Å²) >= 11 is 0. The molecule has 1 N–H and O–H groups in total. The Morgan fingerprint density at radius 3 is 3.08 bits per heavy atom. The molecule has 0 saturated carbocycles. The van der Waals surface area contributed by atoms with Crippen LogP contribution in [0.3, 0.4) is 0 Å². The maximum Gasteiger partial charge on any atom is 0.0792 e. The molecule has 0 radical (unpaired) electrons. The molecule has 1 aliphatic carbocycles. The summed E-state index contributed by atoms with van der Waals surface area (Å²) in [5.41, 5.74) is 3.73. The van der Waals surface area contributed by atoms with Gasteiger partial charge >= 0.3 is 0 Å². The van der Waals surface area contributed by atoms with Gasteiger partial charge in [-0.3, -0.25) is 0 Å². The summed E-state index contributed by atoms with van der Waals surface area (Å²) in [7, 11) is 0. The lowest BCUT2D eigenvalue weighted by atomic mass is 9.88. The van der Waals surface area contributed by atoms with Gasteiger partial charge in [-0.1, -0.05) is 23.8 Å². The normalized spacial score (nSPS) is 22.0. The molecule has 0 aliphatic heterocycles. The van der Waals surface area contributed by atoms with Crippen LogP contribution in [-0.4, -0.2) is 5.11 Å². The fraction of sp³-hybridized carbons (Fsp3) is 0.455. The van der Waals surface area contributed by atoms with Gasteiger partial charge in [0.25, 0.3) is 0 Å². The molecule has 1 aliphatic rings. The zero-order valence-electron chi connectivity index (χ0n) is 7.38. The number of aliphatic hydroxyl groups is 1. The lowest BCUT2D eigenvalue weighted by Crippen LogP contribution is -2.08. The molecule has 0 heterocycles. The highest BCUT2D eigenvalue weighted by molar-refractivity contribution is 5.34. The average Bonchev–Trinajstić information content (AvgIpc) is 2.07. The van der Waals surface area contributed by atoms with Crippen LogP contribution >= 0.6 is 0 Å². The van der Waals surface area contributed by atoms with Gasteiger partial charge in [-0.2, -0.15) is 0 Å². The van der Waals surface area contributed by atoms with Crippen molar-refractivity contribution in [3.63, 3.8) is 0 Å². The van der Waals surface area contributed by atoms with Crippen molar-refractivity contribution in [2.75, 3.05) is 0 Å². The number of aryl methyl sites for hydroxylation is 2. The van der Waals surface area contributed by atoms with Crippen LogP contribution in [0.25, 0.3) is 0 Å². The molecule has 64 valence electrons. The Kier molecular flexibility index (Phi) is 1.89. The third-order valence-corrected chi connectivity index (χ3v) is 2.58. The van der Waals surface area contributed by atoms with Crippen molar-refractivity contribution >= 4 is 0 Å². The van der Waals surface area contributed by atoms with E-state index in [0.717, 1.165) is 24.8 Å². The van der Waals surface area contributed by atoms with Crippen LogP contribution in [0.1, 0.15) is 35.6 Å². The van der Waals surface area contributed by atoms with Gasteiger partial charge in [0.15, 0.2) is 0 Å². The first-order chi connectivity index (χ1) is 5.77. The molecule has 1 nitrogen and oxygen atoms in total. The van der Waals surface area contributed by atoms with Gasteiger partial charge in [0.05, 0.1) is 6.10 Å². The van der Waals surface area contributed by atoms with Crippen LogP contribution in [0.15, 0.2) is 18.2 Å². The Morgan fingerprint density at radius 2 is 2.25 bits per heavy atom. The predicted octanol–water partition coefficient (Wildman–Crippen LogP) is 2.36. The summed E-state index contributed by atoms with van der Waals surface area (Å²) in [6.07, 6.45) is 2.97. The number of hydrogen-bond donors (Lipinski definition) is 1. The number of fused-ring (bicyclic) bond motifs is 1. The van der Waals surface area contributed by atoms with Crippen LogP contribution in [0.5, 0.6) is 0 Å². The molecule has 12 heavy (non-hydrogen) atoms. The highest BCUT2D eigenvalue weighted by Gasteiger charge is 2.16. The van der Waals surface area contributed by atoms with Crippen LogP contribution in [-0.2, 0) is 6.42 Å². The first-order valence-electron chi connectivity index (χ1n) is 4.55. The SMILES string of the molecule is Cc1ccc2c(c1)[C@H](O)CCC2. The van der Waals surface area contributed by atoms with Crippen molar-refractivity contribution in [1.82, 2.24) is 0 Å². The Labute approximate surface area is 73.0 Å². The molecule has 0 fully saturated rings. The van der Waals surface area contributed by atoms with Crippen molar-refractivity contribution in [2.24, 2.45) is 0 Å². The molecule has 1 aromatic rings. The van der Waals surface area contributed by atoms with Crippen molar-refractivity contribution < 1.29 is 5.11 Å². The number of aliphatic hydroxyl groups excluding tert-OH is 1. The standard InChI is InChI=1S/C11H14O/c1-8-5-6-9-3-2-4-11(12)10(9)7-8/h5-7,11-12H,2-4H2,1H3/t11-/m1/s1. The van der Waals surface area contributed by atoms with Crippen molar-refractivity contribution in [3.05, 3.63) is 34.9 Å². The minimum absolute atomic E-state index is 0.214. The molecule has 0 spiro atoms. The Bertz CT molecular complexity index is 291. The minimum Gasteiger partial charge on any atom is -0.388 e. The second-order valence-corrected chi connectivity index (χ2v) is 3.61. The quantitative estimate of drug-likeness (QED) is 0.621. The fourth-order valence-corrected chi connectivity index (χ4v) is 1.89. The number of benzene rings is 1. The van der Waals surface area contributed by atoms with Crippen molar-refractivity contribution in [2.45, 2.75) is 32.3 Å². The summed E-state index contributed by atoms with van der Waals surface area (Å²) in [6, 6.07) is 6.38. The third kappa shape index (κ3) is 1.25. The lowest BCUT2D eigenvalue weighted by Gasteiger charge is -2.21. The van der Waals surface area contributed by atoms with Gasteiger partial charge in [-0.25, -0.2) is 0 Å². The van der Waals surface area contributed by atoms with E-state index in [4.69, 9.17) is 0 Å². The summed E-state index contributed by atoms with van der Waals surface area (Å²) in [6.45, 7) is 2.07. The molecule has 1 heteroatoms. The Balaban J connectivity index is 2.47. The molecule has 0 unspecified atom stereocenters. The molecular weight excluding hydrogens is 148 g/mol. The second kappa shape index (κ2) is 2.91. The van der Waals surface area contributed by atoms with E-state index < -0.39 is 0 Å². The molecular formula is C11H14O. The topological polar surface area (TPSA) is 20.2 Å². The van der Waals surface area contributed by atoms with Crippen LogP contribution < -0.4 is 0 Å². The average molecular weight is 162 g/mol. The van der Waals surface area contributed by atoms with E-state index in [1.807, 2.05) is 0 Å². The monoisotopic (exact) mass is 162 g/mol. The molecule has 1 atom stereocenters. The van der Waals surface area contributed by atoms with Crippen LogP contribution in [0.4, 0.5) is 0 Å². The maximum atomic E-state index is 9.69. The van der Waals surface area contributed by atoms with Gasteiger partial charge < -0.3 is 5.11 Å². The molecule has 1 aromatic carbocycles. The van der Waals surface area contributed by atoms with E-state index in [2.05, 4.69) is 25.1 Å². The predicted molar refractivity (Wildman–Crippen MR) is 49.1 cm³/mol. The van der Waals surface area contributed by atoms with Gasteiger partial charge in [0, 0.05) is 0 Å². The third-order valence-electron chi connectivity index (χ3n) is 2.58. The highest BCUT2D eigenvalue weighted by Crippen LogP contribution is 2.29. The zero-order valence-corrected chi connectivity index (χ0v) is 7.38. The molecule has 0 bridgehead atoms. The largest absolute Gasteiger partial charge is 0.388 e. The summed E-state index contributed by atoms with van der Waals surface area (Å²) < 4.78 is 0. The number of rotatable bonds is 0. The van der Waals surface area contributed by atoms with E-state index in [9.17, 15) is 5.11 Å². The lowest BCUT2D eigenvalue weighted by molar-refractivity contribution is 0.156. The van der Waals surface area contributed by atoms with Gasteiger partial charge in [0.1, 0.15) is 0 Å². The zero-order chi connectivity index (χ0) is 8.55. The summed E-state index contributed by atoms with van der Waals surface area (Å²) in [4.78, 5) is 0. The summed E-state index contributed by atoms with van der Waals surface area (Å²) in [5.74, 6) is 0. The van der Waals surface area contributed by atoms with E-state index in [0.29, 0.717) is 0 Å². The molecule has 2 rings (SSSR count). The van der Waals surface area contributed by atoms with Crippen LogP contribution in [0, 0.1) is 6.92 Å². The maximum absolute atomic E-state index is 9.69. The Hall–Kier alpha value is -0.820. The van der Waals surface area contributed by atoms with Crippen molar-refractivity contribution in [3.8, 4) is 0 Å². The van der Waals surface area contributed by atoms with Crippen molar-refractivity contribution in [1.29, 1.82) is 0 Å².